The second kappa shape index (κ2) is 11.7. The van der Waals surface area contributed by atoms with Gasteiger partial charge in [-0.2, -0.15) is 0 Å². The summed E-state index contributed by atoms with van der Waals surface area (Å²) < 4.78 is -0.555. The minimum Gasteiger partial charge on any atom is -0.381 e. The Morgan fingerprint density at radius 1 is 1.14 bits per heavy atom. The molecular formula is C26H34N4O4S. The average molecular weight is 499 g/mol. The summed E-state index contributed by atoms with van der Waals surface area (Å²) in [5.74, 6) is -1.10. The smallest absolute Gasteiger partial charge is 0.254 e. The van der Waals surface area contributed by atoms with E-state index in [-0.39, 0.29) is 24.7 Å². The molecule has 2 aromatic rings. The van der Waals surface area contributed by atoms with Crippen molar-refractivity contribution in [2.45, 2.75) is 56.7 Å². The number of hydrogen-bond donors (Lipinski definition) is 4. The summed E-state index contributed by atoms with van der Waals surface area (Å²) >= 11 is 1.47. The van der Waals surface area contributed by atoms with Crippen LogP contribution in [0.2, 0.25) is 0 Å². The number of carbonyl (C=O) groups is 3. The third-order valence-electron chi connectivity index (χ3n) is 6.26. The van der Waals surface area contributed by atoms with Gasteiger partial charge in [-0.05, 0) is 43.9 Å². The third kappa shape index (κ3) is 6.62. The van der Waals surface area contributed by atoms with E-state index in [0.29, 0.717) is 6.54 Å². The van der Waals surface area contributed by atoms with Crippen LogP contribution in [-0.4, -0.2) is 63.1 Å². The summed E-state index contributed by atoms with van der Waals surface area (Å²) in [6.45, 7) is 5.88. The van der Waals surface area contributed by atoms with E-state index in [1.165, 1.54) is 16.7 Å². The molecule has 3 amide bonds. The van der Waals surface area contributed by atoms with Gasteiger partial charge < -0.3 is 26.4 Å². The fraction of sp³-hybridized carbons (Fsp3) is 0.423. The Labute approximate surface area is 210 Å². The zero-order chi connectivity index (χ0) is 25.6. The molecule has 1 fully saturated rings. The number of hydrogen-bond acceptors (Lipinski definition) is 6. The molecule has 0 radical (unpaired) electrons. The largest absolute Gasteiger partial charge is 0.381 e. The molecule has 9 heteroatoms. The van der Waals surface area contributed by atoms with Crippen molar-refractivity contribution in [1.82, 2.24) is 15.5 Å². The van der Waals surface area contributed by atoms with E-state index in [1.54, 1.807) is 0 Å². The Kier molecular flexibility index (Phi) is 8.93. The zero-order valence-corrected chi connectivity index (χ0v) is 21.2. The number of thioether (sulfide) groups is 1. The summed E-state index contributed by atoms with van der Waals surface area (Å²) in [7, 11) is 0. The van der Waals surface area contributed by atoms with Gasteiger partial charge >= 0.3 is 0 Å². The average Bonchev–Trinajstić information content (AvgIpc) is 3.17. The molecule has 3 rings (SSSR count). The van der Waals surface area contributed by atoms with E-state index in [2.05, 4.69) is 10.6 Å². The highest BCUT2D eigenvalue weighted by Crippen LogP contribution is 2.39. The van der Waals surface area contributed by atoms with E-state index >= 15 is 0 Å². The summed E-state index contributed by atoms with van der Waals surface area (Å²) in [6, 6.07) is 15.4. The molecule has 1 aliphatic rings. The van der Waals surface area contributed by atoms with Crippen molar-refractivity contribution in [3.05, 3.63) is 71.3 Å². The van der Waals surface area contributed by atoms with Gasteiger partial charge in [0.05, 0.1) is 18.5 Å². The normalized spacial score (nSPS) is 18.5. The maximum absolute atomic E-state index is 13.5. The molecule has 3 atom stereocenters. The lowest BCUT2D eigenvalue weighted by atomic mass is 9.97. The highest BCUT2D eigenvalue weighted by molar-refractivity contribution is 8.00. The Balaban J connectivity index is 1.77. The standard InChI is InChI=1S/C26H34N4O4S/c1-17-9-7-8-12-19(17)15-28-24(33)23-26(2,3)35-16-30(23)25(34)22(32)20(29-21(31)14-27)13-18-10-5-4-6-11-18/h4-12,20,22-23,32H,13-16,27H2,1-3H3,(H,28,33)(H,29,31)/t20-,22-,23+/m0/s1. The minimum atomic E-state index is -1.54. The van der Waals surface area contributed by atoms with Crippen molar-refractivity contribution < 1.29 is 19.5 Å². The quantitative estimate of drug-likeness (QED) is 0.414. The van der Waals surface area contributed by atoms with Crippen molar-refractivity contribution in [3.63, 3.8) is 0 Å². The molecule has 5 N–H and O–H groups in total. The monoisotopic (exact) mass is 498 g/mol. The summed E-state index contributed by atoms with van der Waals surface area (Å²) in [4.78, 5) is 40.2. The van der Waals surface area contributed by atoms with Crippen LogP contribution < -0.4 is 16.4 Å². The summed E-state index contributed by atoms with van der Waals surface area (Å²) in [5, 5.41) is 16.7. The van der Waals surface area contributed by atoms with E-state index in [4.69, 9.17) is 5.73 Å². The van der Waals surface area contributed by atoms with Gasteiger partial charge in [-0.15, -0.1) is 11.8 Å². The first-order chi connectivity index (χ1) is 16.6. The van der Waals surface area contributed by atoms with Crippen LogP contribution in [0.3, 0.4) is 0 Å². The van der Waals surface area contributed by atoms with Crippen LogP contribution in [0.15, 0.2) is 54.6 Å². The molecule has 0 unspecified atom stereocenters. The molecule has 0 aromatic heterocycles. The number of benzene rings is 2. The lowest BCUT2D eigenvalue weighted by Gasteiger charge is -2.33. The second-order valence-corrected chi connectivity index (χ2v) is 10.8. The Hall–Kier alpha value is -2.88. The van der Waals surface area contributed by atoms with E-state index in [1.807, 2.05) is 75.4 Å². The molecule has 0 bridgehead atoms. The molecule has 35 heavy (non-hydrogen) atoms. The zero-order valence-electron chi connectivity index (χ0n) is 20.4. The molecule has 1 saturated heterocycles. The number of nitrogens with zero attached hydrogens (tertiary/aromatic N) is 1. The van der Waals surface area contributed by atoms with E-state index < -0.39 is 34.7 Å². The number of aryl methyl sites for hydroxylation is 1. The molecule has 0 spiro atoms. The molecule has 188 valence electrons. The number of nitrogens with one attached hydrogen (secondary N) is 2. The lowest BCUT2D eigenvalue weighted by molar-refractivity contribution is -0.147. The van der Waals surface area contributed by atoms with E-state index in [0.717, 1.165) is 16.7 Å². The van der Waals surface area contributed by atoms with Crippen LogP contribution >= 0.6 is 11.8 Å². The molecule has 0 aliphatic carbocycles. The van der Waals surface area contributed by atoms with Crippen molar-refractivity contribution >= 4 is 29.5 Å². The van der Waals surface area contributed by atoms with Gasteiger partial charge in [-0.1, -0.05) is 54.6 Å². The molecule has 0 saturated carbocycles. The molecule has 1 heterocycles. The molecular weight excluding hydrogens is 464 g/mol. The van der Waals surface area contributed by atoms with Crippen molar-refractivity contribution in [1.29, 1.82) is 0 Å². The van der Waals surface area contributed by atoms with Crippen LogP contribution in [0.25, 0.3) is 0 Å². The van der Waals surface area contributed by atoms with Gasteiger partial charge in [0, 0.05) is 11.3 Å². The van der Waals surface area contributed by atoms with Crippen LogP contribution in [0.1, 0.15) is 30.5 Å². The Morgan fingerprint density at radius 2 is 1.80 bits per heavy atom. The molecule has 8 nitrogen and oxygen atoms in total. The van der Waals surface area contributed by atoms with Crippen LogP contribution in [-0.2, 0) is 27.3 Å². The number of aliphatic hydroxyl groups is 1. The predicted octanol–water partition coefficient (Wildman–Crippen LogP) is 1.34. The summed E-state index contributed by atoms with van der Waals surface area (Å²) in [5.41, 5.74) is 8.37. The number of carbonyl (C=O) groups excluding carboxylic acids is 3. The number of rotatable bonds is 9. The van der Waals surface area contributed by atoms with Gasteiger partial charge in [0.15, 0.2) is 6.10 Å². The van der Waals surface area contributed by atoms with Crippen molar-refractivity contribution in [2.75, 3.05) is 12.4 Å². The lowest BCUT2D eigenvalue weighted by Crippen LogP contribution is -2.59. The van der Waals surface area contributed by atoms with E-state index in [9.17, 15) is 19.5 Å². The topological polar surface area (TPSA) is 125 Å². The minimum absolute atomic E-state index is 0.244. The van der Waals surface area contributed by atoms with Crippen LogP contribution in [0.5, 0.6) is 0 Å². The first kappa shape index (κ1) is 26.7. The van der Waals surface area contributed by atoms with Crippen LogP contribution in [0, 0.1) is 6.92 Å². The second-order valence-electron chi connectivity index (χ2n) is 9.24. The molecule has 1 aliphatic heterocycles. The number of aliphatic hydroxyl groups excluding tert-OH is 1. The number of nitrogens with two attached hydrogens (primary N) is 1. The van der Waals surface area contributed by atoms with Gasteiger partial charge in [0.25, 0.3) is 5.91 Å². The van der Waals surface area contributed by atoms with Crippen LogP contribution in [0.4, 0.5) is 0 Å². The molecule has 2 aromatic carbocycles. The summed E-state index contributed by atoms with van der Waals surface area (Å²) in [6.07, 6.45) is -1.29. The SMILES string of the molecule is Cc1ccccc1CNC(=O)[C@H]1N(C(=O)[C@@H](O)[C@H](Cc2ccccc2)NC(=O)CN)CSC1(C)C. The van der Waals surface area contributed by atoms with Crippen molar-refractivity contribution in [2.24, 2.45) is 5.73 Å². The highest BCUT2D eigenvalue weighted by atomic mass is 32.2. The maximum Gasteiger partial charge on any atom is 0.254 e. The van der Waals surface area contributed by atoms with Gasteiger partial charge in [-0.25, -0.2) is 0 Å². The fourth-order valence-corrected chi connectivity index (χ4v) is 5.36. The predicted molar refractivity (Wildman–Crippen MR) is 137 cm³/mol. The Morgan fingerprint density at radius 3 is 2.46 bits per heavy atom. The number of amides is 3. The fourth-order valence-electron chi connectivity index (χ4n) is 4.22. The third-order valence-corrected chi connectivity index (χ3v) is 7.63. The maximum atomic E-state index is 13.5. The van der Waals surface area contributed by atoms with Gasteiger partial charge in [0.2, 0.25) is 11.8 Å². The highest BCUT2D eigenvalue weighted by Gasteiger charge is 2.49. The van der Waals surface area contributed by atoms with Crippen molar-refractivity contribution in [3.8, 4) is 0 Å². The van der Waals surface area contributed by atoms with Gasteiger partial charge in [0.1, 0.15) is 6.04 Å². The first-order valence-corrected chi connectivity index (χ1v) is 12.6. The Bertz CT molecular complexity index is 1050. The first-order valence-electron chi connectivity index (χ1n) is 11.6. The van der Waals surface area contributed by atoms with Gasteiger partial charge in [-0.3, -0.25) is 14.4 Å².